The third-order valence-electron chi connectivity index (χ3n) is 2.80. The summed E-state index contributed by atoms with van der Waals surface area (Å²) in [4.78, 5) is 11.8. The van der Waals surface area contributed by atoms with Crippen molar-refractivity contribution in [2.24, 2.45) is 0 Å². The largest absolute Gasteiger partial charge is 0.381 e. The van der Waals surface area contributed by atoms with Crippen LogP contribution < -0.4 is 5.32 Å². The third kappa shape index (κ3) is 3.74. The van der Waals surface area contributed by atoms with E-state index in [9.17, 15) is 10.1 Å². The monoisotopic (exact) mass is 352 g/mol. The summed E-state index contributed by atoms with van der Waals surface area (Å²) >= 11 is 4.91. The van der Waals surface area contributed by atoms with E-state index in [1.807, 2.05) is 36.6 Å². The molecule has 0 heterocycles. The molecule has 104 valence electrons. The number of halogens is 1. The number of thioether (sulfide) groups is 1. The fraction of sp³-hybridized carbons (Fsp3) is 0.143. The van der Waals surface area contributed by atoms with E-state index in [2.05, 4.69) is 21.2 Å². The van der Waals surface area contributed by atoms with Crippen LogP contribution in [-0.4, -0.2) is 11.2 Å². The second kappa shape index (κ2) is 6.76. The van der Waals surface area contributed by atoms with Crippen molar-refractivity contribution in [2.45, 2.75) is 11.4 Å². The van der Waals surface area contributed by atoms with Gasteiger partial charge in [-0.25, -0.2) is 0 Å². The zero-order valence-electron chi connectivity index (χ0n) is 10.8. The summed E-state index contributed by atoms with van der Waals surface area (Å²) in [6, 6.07) is 13.0. The van der Waals surface area contributed by atoms with E-state index in [4.69, 9.17) is 0 Å². The Morgan fingerprint density at radius 2 is 2.10 bits per heavy atom. The van der Waals surface area contributed by atoms with Crippen LogP contribution in [0.5, 0.6) is 0 Å². The van der Waals surface area contributed by atoms with E-state index in [0.29, 0.717) is 16.6 Å². The SMILES string of the molecule is CSc1cccc(NCc2ccc(Br)cc2[N+](=O)[O-])c1. The summed E-state index contributed by atoms with van der Waals surface area (Å²) in [5.74, 6) is 0. The highest BCUT2D eigenvalue weighted by atomic mass is 79.9. The third-order valence-corrected chi connectivity index (χ3v) is 4.02. The lowest BCUT2D eigenvalue weighted by molar-refractivity contribution is -0.385. The van der Waals surface area contributed by atoms with Crippen molar-refractivity contribution in [3.05, 3.63) is 62.6 Å². The number of nitro benzene ring substituents is 1. The molecule has 0 aromatic heterocycles. The number of benzene rings is 2. The van der Waals surface area contributed by atoms with Gasteiger partial charge in [0.15, 0.2) is 0 Å². The van der Waals surface area contributed by atoms with Crippen molar-refractivity contribution in [1.82, 2.24) is 0 Å². The van der Waals surface area contributed by atoms with Crippen molar-refractivity contribution in [3.63, 3.8) is 0 Å². The summed E-state index contributed by atoms with van der Waals surface area (Å²) in [6.45, 7) is 0.418. The molecule has 0 aliphatic carbocycles. The molecule has 0 amide bonds. The topological polar surface area (TPSA) is 55.2 Å². The van der Waals surface area contributed by atoms with Gasteiger partial charge in [0.05, 0.1) is 4.92 Å². The smallest absolute Gasteiger partial charge is 0.275 e. The molecule has 0 radical (unpaired) electrons. The van der Waals surface area contributed by atoms with Crippen LogP contribution >= 0.6 is 27.7 Å². The van der Waals surface area contributed by atoms with Crippen molar-refractivity contribution in [1.29, 1.82) is 0 Å². The molecule has 0 saturated carbocycles. The highest BCUT2D eigenvalue weighted by molar-refractivity contribution is 9.10. The van der Waals surface area contributed by atoms with Crippen LogP contribution in [0.15, 0.2) is 51.8 Å². The van der Waals surface area contributed by atoms with E-state index in [1.165, 1.54) is 6.07 Å². The normalized spacial score (nSPS) is 10.3. The van der Waals surface area contributed by atoms with E-state index in [0.717, 1.165) is 10.6 Å². The average Bonchev–Trinajstić information content (AvgIpc) is 2.46. The Bertz CT molecular complexity index is 634. The number of hydrogen-bond acceptors (Lipinski definition) is 4. The Kier molecular flexibility index (Phi) is 5.03. The van der Waals surface area contributed by atoms with Crippen LogP contribution in [0.1, 0.15) is 5.56 Å². The molecule has 0 fully saturated rings. The fourth-order valence-electron chi connectivity index (χ4n) is 1.79. The number of nitrogens with zero attached hydrogens (tertiary/aromatic N) is 1. The molecule has 2 aromatic carbocycles. The highest BCUT2D eigenvalue weighted by Crippen LogP contribution is 2.25. The Balaban J connectivity index is 2.16. The number of anilines is 1. The van der Waals surface area contributed by atoms with Gasteiger partial charge in [0.2, 0.25) is 0 Å². The quantitative estimate of drug-likeness (QED) is 0.481. The lowest BCUT2D eigenvalue weighted by Crippen LogP contribution is -2.03. The van der Waals surface area contributed by atoms with Gasteiger partial charge >= 0.3 is 0 Å². The van der Waals surface area contributed by atoms with Crippen molar-refractivity contribution in [3.8, 4) is 0 Å². The Morgan fingerprint density at radius 1 is 1.30 bits per heavy atom. The van der Waals surface area contributed by atoms with E-state index >= 15 is 0 Å². The molecule has 0 aliphatic rings. The van der Waals surface area contributed by atoms with Crippen molar-refractivity contribution < 1.29 is 4.92 Å². The molecule has 0 atom stereocenters. The molecule has 2 rings (SSSR count). The molecule has 0 spiro atoms. The van der Waals surface area contributed by atoms with Crippen LogP contribution in [-0.2, 0) is 6.54 Å². The predicted octanol–water partition coefficient (Wildman–Crippen LogP) is 4.69. The first-order valence-corrected chi connectivity index (χ1v) is 7.92. The first kappa shape index (κ1) is 14.9. The Labute approximate surface area is 129 Å². The van der Waals surface area contributed by atoms with Crippen LogP contribution in [0.4, 0.5) is 11.4 Å². The minimum atomic E-state index is -0.361. The molecule has 6 heteroatoms. The van der Waals surface area contributed by atoms with Gasteiger partial charge in [0.1, 0.15) is 0 Å². The maximum atomic E-state index is 11.0. The second-order valence-electron chi connectivity index (χ2n) is 4.12. The number of hydrogen-bond donors (Lipinski definition) is 1. The fourth-order valence-corrected chi connectivity index (χ4v) is 2.60. The minimum absolute atomic E-state index is 0.118. The van der Waals surface area contributed by atoms with Crippen molar-refractivity contribution in [2.75, 3.05) is 11.6 Å². The molecule has 4 nitrogen and oxygen atoms in total. The summed E-state index contributed by atoms with van der Waals surface area (Å²) in [7, 11) is 0. The molecule has 20 heavy (non-hydrogen) atoms. The standard InChI is InChI=1S/C14H13BrN2O2S/c1-20-13-4-2-3-12(8-13)16-9-10-5-6-11(15)7-14(10)17(18)19/h2-8,16H,9H2,1H3. The van der Waals surface area contributed by atoms with Crippen LogP contribution in [0, 0.1) is 10.1 Å². The average molecular weight is 353 g/mol. The number of nitro groups is 1. The maximum Gasteiger partial charge on any atom is 0.275 e. The highest BCUT2D eigenvalue weighted by Gasteiger charge is 2.13. The molecule has 0 aliphatic heterocycles. The first-order valence-electron chi connectivity index (χ1n) is 5.91. The Morgan fingerprint density at radius 3 is 2.80 bits per heavy atom. The molecule has 0 bridgehead atoms. The van der Waals surface area contributed by atoms with Crippen LogP contribution in [0.2, 0.25) is 0 Å². The lowest BCUT2D eigenvalue weighted by Gasteiger charge is -2.08. The summed E-state index contributed by atoms with van der Waals surface area (Å²) in [6.07, 6.45) is 2.01. The van der Waals surface area contributed by atoms with Gasteiger partial charge in [0.25, 0.3) is 5.69 Å². The number of rotatable bonds is 5. The second-order valence-corrected chi connectivity index (χ2v) is 5.91. The molecule has 0 saturated heterocycles. The van der Waals surface area contributed by atoms with Crippen molar-refractivity contribution >= 4 is 39.1 Å². The van der Waals surface area contributed by atoms with Gasteiger partial charge in [-0.2, -0.15) is 0 Å². The minimum Gasteiger partial charge on any atom is -0.381 e. The Hall–Kier alpha value is -1.53. The van der Waals surface area contributed by atoms with E-state index < -0.39 is 0 Å². The summed E-state index contributed by atoms with van der Waals surface area (Å²) in [5.41, 5.74) is 1.73. The maximum absolute atomic E-state index is 11.0. The van der Waals surface area contributed by atoms with Gasteiger partial charge in [-0.05, 0) is 36.6 Å². The van der Waals surface area contributed by atoms with E-state index in [1.54, 1.807) is 17.8 Å². The number of nitrogens with one attached hydrogen (secondary N) is 1. The van der Waals surface area contributed by atoms with Gasteiger partial charge in [0, 0.05) is 33.2 Å². The molecule has 0 unspecified atom stereocenters. The van der Waals surface area contributed by atoms with Gasteiger partial charge in [-0.3, -0.25) is 10.1 Å². The predicted molar refractivity (Wildman–Crippen MR) is 86.3 cm³/mol. The lowest BCUT2D eigenvalue weighted by atomic mass is 10.2. The van der Waals surface area contributed by atoms with Crippen LogP contribution in [0.3, 0.4) is 0 Å². The first-order chi connectivity index (χ1) is 9.60. The van der Waals surface area contributed by atoms with Gasteiger partial charge < -0.3 is 5.32 Å². The zero-order chi connectivity index (χ0) is 14.5. The molecular weight excluding hydrogens is 340 g/mol. The van der Waals surface area contributed by atoms with Crippen LogP contribution in [0.25, 0.3) is 0 Å². The molecular formula is C14H13BrN2O2S. The molecule has 2 aromatic rings. The summed E-state index contributed by atoms with van der Waals surface area (Å²) < 4.78 is 0.706. The van der Waals surface area contributed by atoms with Gasteiger partial charge in [-0.15, -0.1) is 11.8 Å². The summed E-state index contributed by atoms with van der Waals surface area (Å²) in [5, 5.41) is 14.3. The van der Waals surface area contributed by atoms with Gasteiger partial charge in [-0.1, -0.05) is 22.0 Å². The van der Waals surface area contributed by atoms with E-state index in [-0.39, 0.29) is 10.6 Å². The zero-order valence-corrected chi connectivity index (χ0v) is 13.2. The molecule has 1 N–H and O–H groups in total.